The molecule has 4 rings (SSSR count). The first kappa shape index (κ1) is 35.2. The molecule has 0 saturated carbocycles. The minimum atomic E-state index is -4.18. The quantitative estimate of drug-likeness (QED) is 0.170. The number of methoxy groups -OCH3 is 1. The van der Waals surface area contributed by atoms with E-state index in [1.54, 1.807) is 43.5 Å². The van der Waals surface area contributed by atoms with Gasteiger partial charge in [-0.1, -0.05) is 73.2 Å². The number of nitrogens with zero attached hydrogens (tertiary/aromatic N) is 2. The molecule has 9 heteroatoms. The molecule has 47 heavy (non-hydrogen) atoms. The van der Waals surface area contributed by atoms with E-state index in [4.69, 9.17) is 4.74 Å². The maximum atomic E-state index is 14.7. The van der Waals surface area contributed by atoms with E-state index in [0.717, 1.165) is 32.1 Å². The lowest BCUT2D eigenvalue weighted by molar-refractivity contribution is -0.140. The highest BCUT2D eigenvalue weighted by molar-refractivity contribution is 7.92. The lowest BCUT2D eigenvalue weighted by Gasteiger charge is -2.34. The van der Waals surface area contributed by atoms with E-state index in [1.165, 1.54) is 4.90 Å². The van der Waals surface area contributed by atoms with Crippen LogP contribution in [0, 0.1) is 20.8 Å². The summed E-state index contributed by atoms with van der Waals surface area (Å²) in [5.74, 6) is -0.209. The van der Waals surface area contributed by atoms with Crippen molar-refractivity contribution in [1.82, 2.24) is 10.2 Å². The molecule has 0 fully saturated rings. The molecule has 8 nitrogen and oxygen atoms in total. The van der Waals surface area contributed by atoms with Crippen LogP contribution in [0.15, 0.2) is 102 Å². The van der Waals surface area contributed by atoms with Crippen LogP contribution < -0.4 is 14.4 Å². The van der Waals surface area contributed by atoms with E-state index >= 15 is 0 Å². The van der Waals surface area contributed by atoms with Crippen LogP contribution in [0.1, 0.15) is 48.1 Å². The van der Waals surface area contributed by atoms with Crippen molar-refractivity contribution in [2.75, 3.05) is 18.0 Å². The van der Waals surface area contributed by atoms with Crippen LogP contribution >= 0.6 is 0 Å². The number of nitrogens with one attached hydrogen (secondary N) is 1. The van der Waals surface area contributed by atoms with E-state index in [-0.39, 0.29) is 29.8 Å². The number of ether oxygens (including phenoxy) is 1. The lowest BCUT2D eigenvalue weighted by Crippen LogP contribution is -2.54. The van der Waals surface area contributed by atoms with E-state index in [9.17, 15) is 18.0 Å². The molecule has 2 atom stereocenters. The number of benzene rings is 4. The van der Waals surface area contributed by atoms with Crippen molar-refractivity contribution in [1.29, 1.82) is 0 Å². The molecule has 4 aromatic carbocycles. The van der Waals surface area contributed by atoms with Gasteiger partial charge >= 0.3 is 0 Å². The summed E-state index contributed by atoms with van der Waals surface area (Å²) in [4.78, 5) is 30.3. The zero-order valence-corrected chi connectivity index (χ0v) is 28.9. The summed E-state index contributed by atoms with van der Waals surface area (Å²) in [5.41, 5.74) is 4.63. The molecule has 1 N–H and O–H groups in total. The second kappa shape index (κ2) is 15.8. The van der Waals surface area contributed by atoms with E-state index in [2.05, 4.69) is 5.32 Å². The smallest absolute Gasteiger partial charge is 0.264 e. The monoisotopic (exact) mass is 655 g/mol. The number of carbonyl (C=O) groups is 2. The summed E-state index contributed by atoms with van der Waals surface area (Å²) >= 11 is 0. The number of sulfonamides is 1. The fourth-order valence-corrected chi connectivity index (χ4v) is 6.82. The van der Waals surface area contributed by atoms with Crippen molar-refractivity contribution in [3.8, 4) is 5.75 Å². The summed E-state index contributed by atoms with van der Waals surface area (Å²) in [6.45, 7) is 9.11. The Hall–Kier alpha value is -4.63. The van der Waals surface area contributed by atoms with Gasteiger partial charge in [-0.2, -0.15) is 0 Å². The topological polar surface area (TPSA) is 96.0 Å². The molecule has 0 saturated heterocycles. The zero-order valence-electron chi connectivity index (χ0n) is 28.1. The average Bonchev–Trinajstić information content (AvgIpc) is 3.05. The van der Waals surface area contributed by atoms with Gasteiger partial charge in [0.05, 0.1) is 17.7 Å². The van der Waals surface area contributed by atoms with Crippen molar-refractivity contribution in [2.24, 2.45) is 0 Å². The van der Waals surface area contributed by atoms with Crippen LogP contribution in [0.4, 0.5) is 5.69 Å². The van der Waals surface area contributed by atoms with Gasteiger partial charge in [0.25, 0.3) is 10.0 Å². The predicted molar refractivity (Wildman–Crippen MR) is 187 cm³/mol. The zero-order chi connectivity index (χ0) is 34.1. The molecule has 0 bridgehead atoms. The molecule has 0 spiro atoms. The normalized spacial score (nSPS) is 12.6. The van der Waals surface area contributed by atoms with Gasteiger partial charge in [0.2, 0.25) is 11.8 Å². The molecule has 0 aliphatic carbocycles. The Bertz CT molecular complexity index is 1750. The van der Waals surface area contributed by atoms with Crippen molar-refractivity contribution in [2.45, 2.75) is 71.0 Å². The van der Waals surface area contributed by atoms with Gasteiger partial charge in [-0.3, -0.25) is 13.9 Å². The number of anilines is 1. The number of amides is 2. The van der Waals surface area contributed by atoms with Crippen LogP contribution in [0.25, 0.3) is 0 Å². The SMILES string of the molecule is CC[C@@H](C)NC(=O)[C@@H](Cc1ccccc1)N(Cc1cccc(OC)c1)C(=O)CN(c1cc(C)cc(C)c1)S(=O)(=O)c1ccc(C)cc1. The minimum Gasteiger partial charge on any atom is -0.497 e. The first-order valence-electron chi connectivity index (χ1n) is 15.9. The van der Waals surface area contributed by atoms with Crippen molar-refractivity contribution in [3.05, 3.63) is 125 Å². The summed E-state index contributed by atoms with van der Waals surface area (Å²) < 4.78 is 35.2. The molecule has 0 heterocycles. The molecule has 0 unspecified atom stereocenters. The fraction of sp³-hybridized carbons (Fsp3) is 0.316. The number of hydrogen-bond donors (Lipinski definition) is 1. The second-order valence-electron chi connectivity index (χ2n) is 12.1. The maximum absolute atomic E-state index is 14.7. The first-order valence-corrected chi connectivity index (χ1v) is 17.3. The van der Waals surface area contributed by atoms with Crippen LogP contribution in [-0.2, 0) is 32.6 Å². The van der Waals surface area contributed by atoms with E-state index in [0.29, 0.717) is 17.9 Å². The third-order valence-electron chi connectivity index (χ3n) is 8.14. The second-order valence-corrected chi connectivity index (χ2v) is 13.9. The molecule has 4 aromatic rings. The molecule has 0 radical (unpaired) electrons. The van der Waals surface area contributed by atoms with Gasteiger partial charge in [0.15, 0.2) is 0 Å². The number of hydrogen-bond acceptors (Lipinski definition) is 5. The van der Waals surface area contributed by atoms with Gasteiger partial charge in [-0.25, -0.2) is 8.42 Å². The van der Waals surface area contributed by atoms with Crippen LogP contribution in [-0.4, -0.2) is 50.9 Å². The highest BCUT2D eigenvalue weighted by Gasteiger charge is 2.35. The number of carbonyl (C=O) groups excluding carboxylic acids is 2. The Morgan fingerprint density at radius 2 is 1.45 bits per heavy atom. The Morgan fingerprint density at radius 3 is 2.06 bits per heavy atom. The van der Waals surface area contributed by atoms with Gasteiger partial charge in [0.1, 0.15) is 18.3 Å². The standard InChI is InChI=1S/C38H45N3O5S/c1-7-30(5)39-38(43)36(24-31-12-9-8-10-13-31)40(25-32-14-11-15-34(23-32)46-6)37(42)26-41(33-21-28(3)20-29(4)22-33)47(44,45)35-18-16-27(2)17-19-35/h8-23,30,36H,7,24-26H2,1-6H3,(H,39,43)/t30-,36-/m1/s1. The maximum Gasteiger partial charge on any atom is 0.264 e. The summed E-state index contributed by atoms with van der Waals surface area (Å²) in [5, 5.41) is 3.07. The third kappa shape index (κ3) is 9.23. The predicted octanol–water partition coefficient (Wildman–Crippen LogP) is 6.37. The number of aryl methyl sites for hydroxylation is 3. The van der Waals surface area contributed by atoms with Gasteiger partial charge in [-0.05, 0) is 92.8 Å². The molecule has 2 amide bonds. The molecule has 0 aliphatic heterocycles. The summed E-state index contributed by atoms with van der Waals surface area (Å²) in [6.07, 6.45) is 0.954. The Labute approximate surface area is 279 Å². The first-order chi connectivity index (χ1) is 22.4. The Kier molecular flexibility index (Phi) is 11.8. The van der Waals surface area contributed by atoms with Gasteiger partial charge in [0, 0.05) is 19.0 Å². The third-order valence-corrected chi connectivity index (χ3v) is 9.93. The molecule has 0 aliphatic rings. The highest BCUT2D eigenvalue weighted by Crippen LogP contribution is 2.27. The van der Waals surface area contributed by atoms with Gasteiger partial charge in [-0.15, -0.1) is 0 Å². The van der Waals surface area contributed by atoms with Crippen molar-refractivity contribution >= 4 is 27.5 Å². The van der Waals surface area contributed by atoms with Crippen LogP contribution in [0.3, 0.4) is 0 Å². The lowest BCUT2D eigenvalue weighted by atomic mass is 10.0. The van der Waals surface area contributed by atoms with E-state index < -0.39 is 28.5 Å². The Morgan fingerprint density at radius 1 is 0.809 bits per heavy atom. The molecular formula is C38H45N3O5S. The summed E-state index contributed by atoms with van der Waals surface area (Å²) in [6, 6.07) is 27.8. The van der Waals surface area contributed by atoms with Crippen LogP contribution in [0.2, 0.25) is 0 Å². The van der Waals surface area contributed by atoms with Gasteiger partial charge < -0.3 is 15.0 Å². The fourth-order valence-electron chi connectivity index (χ4n) is 5.42. The van der Waals surface area contributed by atoms with Crippen molar-refractivity contribution in [3.63, 3.8) is 0 Å². The molecular weight excluding hydrogens is 611 g/mol. The average molecular weight is 656 g/mol. The Balaban J connectivity index is 1.84. The highest BCUT2D eigenvalue weighted by atomic mass is 32.2. The molecule has 0 aromatic heterocycles. The van der Waals surface area contributed by atoms with E-state index in [1.807, 2.05) is 95.3 Å². The number of rotatable bonds is 14. The minimum absolute atomic E-state index is 0.0622. The van der Waals surface area contributed by atoms with Crippen LogP contribution in [0.5, 0.6) is 5.75 Å². The largest absolute Gasteiger partial charge is 0.497 e. The van der Waals surface area contributed by atoms with Crippen molar-refractivity contribution < 1.29 is 22.7 Å². The summed E-state index contributed by atoms with van der Waals surface area (Å²) in [7, 11) is -2.61. The molecule has 248 valence electrons.